The molecule has 19 heavy (non-hydrogen) atoms. The van der Waals surface area contributed by atoms with Gasteiger partial charge in [0.25, 0.3) is 0 Å². The highest BCUT2D eigenvalue weighted by Crippen LogP contribution is 2.34. The zero-order valence-electron chi connectivity index (χ0n) is 10.6. The van der Waals surface area contributed by atoms with Crippen LogP contribution in [0.5, 0.6) is 0 Å². The van der Waals surface area contributed by atoms with Crippen molar-refractivity contribution in [3.05, 3.63) is 69.7 Å². The molecule has 3 rings (SSSR count). The molecule has 0 saturated heterocycles. The summed E-state index contributed by atoms with van der Waals surface area (Å²) in [4.78, 5) is 12.5. The van der Waals surface area contributed by atoms with Crippen molar-refractivity contribution in [3.8, 4) is 0 Å². The molecule has 0 N–H and O–H groups in total. The molecule has 0 bridgehead atoms. The fraction of sp³-hybridized carbons (Fsp3) is 0.235. The van der Waals surface area contributed by atoms with Gasteiger partial charge in [0, 0.05) is 16.8 Å². The minimum Gasteiger partial charge on any atom is -0.299 e. The largest absolute Gasteiger partial charge is 0.299 e. The average molecular weight is 315 g/mol. The summed E-state index contributed by atoms with van der Waals surface area (Å²) in [5.74, 6) is 0.429. The number of hydrogen-bond donors (Lipinski definition) is 0. The molecule has 2 aromatic carbocycles. The maximum absolute atomic E-state index is 12.5. The van der Waals surface area contributed by atoms with Gasteiger partial charge in [-0.25, -0.2) is 0 Å². The molecule has 0 aliphatic heterocycles. The summed E-state index contributed by atoms with van der Waals surface area (Å²) in [6.45, 7) is 0. The van der Waals surface area contributed by atoms with Gasteiger partial charge < -0.3 is 0 Å². The zero-order chi connectivity index (χ0) is 13.2. The Balaban J connectivity index is 1.79. The lowest BCUT2D eigenvalue weighted by Gasteiger charge is -2.10. The molecule has 96 valence electrons. The van der Waals surface area contributed by atoms with Crippen molar-refractivity contribution >= 4 is 21.7 Å². The van der Waals surface area contributed by atoms with E-state index in [1.165, 1.54) is 11.1 Å². The number of fused-ring (bicyclic) bond motifs is 1. The summed E-state index contributed by atoms with van der Waals surface area (Å²) in [6, 6.07) is 16.3. The number of carbonyl (C=O) groups excluding carboxylic acids is 1. The maximum atomic E-state index is 12.5. The number of carbonyl (C=O) groups is 1. The van der Waals surface area contributed by atoms with E-state index in [0.717, 1.165) is 22.9 Å². The third-order valence-electron chi connectivity index (χ3n) is 3.79. The summed E-state index contributed by atoms with van der Waals surface area (Å²) >= 11 is 3.45. The molecule has 0 amide bonds. The van der Waals surface area contributed by atoms with Crippen molar-refractivity contribution in [2.45, 2.75) is 25.2 Å². The third-order valence-corrected chi connectivity index (χ3v) is 4.28. The number of benzene rings is 2. The van der Waals surface area contributed by atoms with Crippen molar-refractivity contribution < 1.29 is 4.79 Å². The molecular formula is C17H15BrO. The minimum atomic E-state index is 0.0928. The number of rotatable bonds is 3. The normalized spacial score (nSPS) is 17.2. The van der Waals surface area contributed by atoms with Crippen LogP contribution in [-0.4, -0.2) is 5.78 Å². The van der Waals surface area contributed by atoms with Crippen LogP contribution in [0.4, 0.5) is 0 Å². The summed E-state index contributed by atoms with van der Waals surface area (Å²) in [5, 5.41) is 0. The number of halogens is 1. The van der Waals surface area contributed by atoms with E-state index in [4.69, 9.17) is 0 Å². The van der Waals surface area contributed by atoms with Crippen LogP contribution in [0.1, 0.15) is 29.0 Å². The number of aryl methyl sites for hydroxylation is 1. The predicted molar refractivity (Wildman–Crippen MR) is 80.4 cm³/mol. The van der Waals surface area contributed by atoms with Gasteiger partial charge >= 0.3 is 0 Å². The van der Waals surface area contributed by atoms with Crippen LogP contribution in [0, 0.1) is 0 Å². The second-order valence-electron chi connectivity index (χ2n) is 5.06. The van der Waals surface area contributed by atoms with Crippen molar-refractivity contribution in [1.29, 1.82) is 0 Å². The van der Waals surface area contributed by atoms with Gasteiger partial charge in [0.1, 0.15) is 5.78 Å². The van der Waals surface area contributed by atoms with Crippen LogP contribution >= 0.6 is 15.9 Å². The topological polar surface area (TPSA) is 17.1 Å². The van der Waals surface area contributed by atoms with Gasteiger partial charge in [0.2, 0.25) is 0 Å². The monoisotopic (exact) mass is 314 g/mol. The fourth-order valence-electron chi connectivity index (χ4n) is 2.86. The van der Waals surface area contributed by atoms with Gasteiger partial charge in [0.15, 0.2) is 0 Å². The van der Waals surface area contributed by atoms with Gasteiger partial charge in [-0.15, -0.1) is 0 Å². The maximum Gasteiger partial charge on any atom is 0.144 e. The highest BCUT2D eigenvalue weighted by Gasteiger charge is 2.27. The van der Waals surface area contributed by atoms with E-state index >= 15 is 0 Å². The Morgan fingerprint density at radius 2 is 2.00 bits per heavy atom. The smallest absolute Gasteiger partial charge is 0.144 e. The molecule has 0 fully saturated rings. The molecule has 0 spiro atoms. The van der Waals surface area contributed by atoms with Gasteiger partial charge in [-0.2, -0.15) is 0 Å². The van der Waals surface area contributed by atoms with Crippen LogP contribution in [0.2, 0.25) is 0 Å². The molecule has 1 nitrogen and oxygen atoms in total. The summed E-state index contributed by atoms with van der Waals surface area (Å²) < 4.78 is 1.03. The number of ketones is 1. The van der Waals surface area contributed by atoms with E-state index in [9.17, 15) is 4.79 Å². The quantitative estimate of drug-likeness (QED) is 0.826. The Morgan fingerprint density at radius 1 is 1.16 bits per heavy atom. The van der Waals surface area contributed by atoms with Crippen LogP contribution in [0.3, 0.4) is 0 Å². The summed E-state index contributed by atoms with van der Waals surface area (Å²) in [7, 11) is 0. The predicted octanol–water partition coefficient (Wildman–Crippen LogP) is 4.29. The van der Waals surface area contributed by atoms with Crippen molar-refractivity contribution in [2.75, 3.05) is 0 Å². The second-order valence-corrected chi connectivity index (χ2v) is 5.98. The highest BCUT2D eigenvalue weighted by molar-refractivity contribution is 9.10. The molecule has 1 aliphatic carbocycles. The highest BCUT2D eigenvalue weighted by atomic mass is 79.9. The molecule has 1 aliphatic rings. The first-order valence-electron chi connectivity index (χ1n) is 6.59. The molecule has 1 unspecified atom stereocenters. The lowest BCUT2D eigenvalue weighted by molar-refractivity contribution is -0.119. The first kappa shape index (κ1) is 12.6. The lowest BCUT2D eigenvalue weighted by Crippen LogP contribution is -2.12. The number of hydrogen-bond acceptors (Lipinski definition) is 1. The van der Waals surface area contributed by atoms with Crippen molar-refractivity contribution in [2.24, 2.45) is 0 Å². The van der Waals surface area contributed by atoms with Crippen molar-refractivity contribution in [3.63, 3.8) is 0 Å². The summed E-state index contributed by atoms with van der Waals surface area (Å²) in [6.07, 6.45) is 2.52. The molecule has 1 atom stereocenters. The third kappa shape index (κ3) is 2.64. The molecule has 0 saturated carbocycles. The van der Waals surface area contributed by atoms with Crippen LogP contribution in [-0.2, 0) is 17.6 Å². The second kappa shape index (κ2) is 5.30. The molecular weight excluding hydrogens is 300 g/mol. The molecule has 0 aromatic heterocycles. The zero-order valence-corrected chi connectivity index (χ0v) is 12.2. The SMILES string of the molecule is O=C(Cc1cccc(Br)c1)C1CCc2ccccc21. The molecule has 0 heterocycles. The molecule has 2 aromatic rings. The van der Waals surface area contributed by atoms with Gasteiger partial charge in [-0.3, -0.25) is 4.79 Å². The van der Waals surface area contributed by atoms with E-state index in [1.807, 2.05) is 30.3 Å². The fourth-order valence-corrected chi connectivity index (χ4v) is 3.31. The van der Waals surface area contributed by atoms with Crippen LogP contribution in [0.25, 0.3) is 0 Å². The van der Waals surface area contributed by atoms with E-state index in [0.29, 0.717) is 12.2 Å². The van der Waals surface area contributed by atoms with Gasteiger partial charge in [0.05, 0.1) is 0 Å². The minimum absolute atomic E-state index is 0.0928. The Labute approximate surface area is 121 Å². The van der Waals surface area contributed by atoms with E-state index in [-0.39, 0.29) is 5.92 Å². The Bertz CT molecular complexity index is 618. The lowest BCUT2D eigenvalue weighted by atomic mass is 9.93. The molecule has 2 heteroatoms. The Kier molecular flexibility index (Phi) is 3.52. The average Bonchev–Trinajstić information content (AvgIpc) is 2.82. The first-order valence-corrected chi connectivity index (χ1v) is 7.38. The Morgan fingerprint density at radius 3 is 2.84 bits per heavy atom. The first-order chi connectivity index (χ1) is 9.24. The molecule has 0 radical (unpaired) electrons. The van der Waals surface area contributed by atoms with Crippen LogP contribution < -0.4 is 0 Å². The van der Waals surface area contributed by atoms with E-state index in [1.54, 1.807) is 0 Å². The summed E-state index contributed by atoms with van der Waals surface area (Å²) in [5.41, 5.74) is 3.67. The number of Topliss-reactive ketones (excluding diaryl/α,β-unsaturated/α-hetero) is 1. The van der Waals surface area contributed by atoms with Gasteiger partial charge in [-0.1, -0.05) is 52.3 Å². The van der Waals surface area contributed by atoms with Gasteiger partial charge in [-0.05, 0) is 41.7 Å². The Hall–Kier alpha value is -1.41. The standard InChI is InChI=1S/C17H15BrO/c18-14-6-3-4-12(10-14)11-17(19)16-9-8-13-5-1-2-7-15(13)16/h1-7,10,16H,8-9,11H2. The van der Waals surface area contributed by atoms with Crippen LogP contribution in [0.15, 0.2) is 53.0 Å². The van der Waals surface area contributed by atoms with Crippen molar-refractivity contribution in [1.82, 2.24) is 0 Å². The van der Waals surface area contributed by atoms with E-state index < -0.39 is 0 Å². The van der Waals surface area contributed by atoms with E-state index in [2.05, 4.69) is 34.1 Å².